The van der Waals surface area contributed by atoms with Gasteiger partial charge in [0, 0.05) is 44.9 Å². The standard InChI is InChI=1S/C17H30N2O5/c1-3-18-7-10-24-12-11-23-9-4-5-15(20)6-8-19-16(21)13-14(2)17(19)22/h14,18H,3-13H2,1-2H3. The van der Waals surface area contributed by atoms with E-state index < -0.39 is 0 Å². The largest absolute Gasteiger partial charge is 0.379 e. The molecule has 0 aromatic rings. The van der Waals surface area contributed by atoms with Crippen molar-refractivity contribution in [2.24, 2.45) is 5.92 Å². The molecule has 1 rings (SSSR count). The lowest BCUT2D eigenvalue weighted by atomic mass is 10.1. The minimum Gasteiger partial charge on any atom is -0.379 e. The van der Waals surface area contributed by atoms with Crippen LogP contribution in [0.4, 0.5) is 0 Å². The first kappa shape index (κ1) is 20.7. The Morgan fingerprint density at radius 1 is 1.17 bits per heavy atom. The number of nitrogens with one attached hydrogen (secondary N) is 1. The van der Waals surface area contributed by atoms with E-state index in [4.69, 9.17) is 9.47 Å². The Bertz CT molecular complexity index is 414. The third-order valence-electron chi connectivity index (χ3n) is 3.87. The smallest absolute Gasteiger partial charge is 0.232 e. The minimum atomic E-state index is -0.249. The maximum atomic E-state index is 11.8. The number of ketones is 1. The zero-order valence-electron chi connectivity index (χ0n) is 14.8. The first-order valence-electron chi connectivity index (χ1n) is 8.78. The van der Waals surface area contributed by atoms with E-state index in [0.717, 1.165) is 13.1 Å². The number of rotatable bonds is 14. The van der Waals surface area contributed by atoms with Gasteiger partial charge in [-0.15, -0.1) is 0 Å². The van der Waals surface area contributed by atoms with Crippen molar-refractivity contribution in [1.82, 2.24) is 10.2 Å². The van der Waals surface area contributed by atoms with E-state index in [1.165, 1.54) is 4.90 Å². The summed E-state index contributed by atoms with van der Waals surface area (Å²) in [6.45, 7) is 8.03. The molecule has 1 fully saturated rings. The third kappa shape index (κ3) is 7.99. The van der Waals surface area contributed by atoms with E-state index >= 15 is 0 Å². The Kier molecular flexibility index (Phi) is 10.5. The van der Waals surface area contributed by atoms with E-state index in [1.54, 1.807) is 6.92 Å². The first-order chi connectivity index (χ1) is 11.6. The van der Waals surface area contributed by atoms with Crippen LogP contribution < -0.4 is 5.32 Å². The molecule has 24 heavy (non-hydrogen) atoms. The van der Waals surface area contributed by atoms with Crippen LogP contribution in [0, 0.1) is 5.92 Å². The van der Waals surface area contributed by atoms with Crippen molar-refractivity contribution >= 4 is 17.6 Å². The van der Waals surface area contributed by atoms with Crippen LogP contribution in [0.5, 0.6) is 0 Å². The van der Waals surface area contributed by atoms with Gasteiger partial charge < -0.3 is 14.8 Å². The van der Waals surface area contributed by atoms with Crippen LogP contribution in [0.25, 0.3) is 0 Å². The highest BCUT2D eigenvalue weighted by Crippen LogP contribution is 2.18. The number of hydrogen-bond acceptors (Lipinski definition) is 6. The number of nitrogens with zero attached hydrogens (tertiary/aromatic N) is 1. The number of likely N-dealkylation sites (tertiary alicyclic amines) is 1. The summed E-state index contributed by atoms with van der Waals surface area (Å²) in [7, 11) is 0. The molecule has 1 unspecified atom stereocenters. The predicted molar refractivity (Wildman–Crippen MR) is 89.5 cm³/mol. The van der Waals surface area contributed by atoms with Gasteiger partial charge >= 0.3 is 0 Å². The van der Waals surface area contributed by atoms with E-state index in [9.17, 15) is 14.4 Å². The molecule has 1 aliphatic rings. The maximum Gasteiger partial charge on any atom is 0.232 e. The number of ether oxygens (including phenoxy) is 2. The van der Waals surface area contributed by atoms with E-state index in [-0.39, 0.29) is 42.9 Å². The van der Waals surface area contributed by atoms with Gasteiger partial charge in [0.15, 0.2) is 0 Å². The van der Waals surface area contributed by atoms with Crippen molar-refractivity contribution in [1.29, 1.82) is 0 Å². The maximum absolute atomic E-state index is 11.8. The summed E-state index contributed by atoms with van der Waals surface area (Å²) in [6.07, 6.45) is 1.55. The average molecular weight is 342 g/mol. The lowest BCUT2D eigenvalue weighted by molar-refractivity contribution is -0.139. The molecule has 138 valence electrons. The second-order valence-electron chi connectivity index (χ2n) is 5.96. The molecule has 1 N–H and O–H groups in total. The van der Waals surface area contributed by atoms with E-state index in [1.807, 2.05) is 6.92 Å². The molecule has 1 heterocycles. The molecule has 0 aliphatic carbocycles. The minimum absolute atomic E-state index is 0.0562. The molecule has 2 amide bonds. The number of hydrogen-bond donors (Lipinski definition) is 1. The number of carbonyl (C=O) groups excluding carboxylic acids is 3. The average Bonchev–Trinajstić information content (AvgIpc) is 2.80. The molecule has 1 saturated heterocycles. The van der Waals surface area contributed by atoms with Gasteiger partial charge in [0.25, 0.3) is 0 Å². The van der Waals surface area contributed by atoms with Crippen LogP contribution in [-0.2, 0) is 23.9 Å². The van der Waals surface area contributed by atoms with Gasteiger partial charge in [0.2, 0.25) is 11.8 Å². The Hall–Kier alpha value is -1.31. The summed E-state index contributed by atoms with van der Waals surface area (Å²) in [6, 6.07) is 0. The molecular weight excluding hydrogens is 312 g/mol. The van der Waals surface area contributed by atoms with Crippen molar-refractivity contribution in [2.45, 2.75) is 39.5 Å². The zero-order chi connectivity index (χ0) is 17.8. The number of amides is 2. The summed E-state index contributed by atoms with van der Waals surface area (Å²) in [5, 5.41) is 3.16. The van der Waals surface area contributed by atoms with Crippen LogP contribution >= 0.6 is 0 Å². The van der Waals surface area contributed by atoms with Gasteiger partial charge in [-0.1, -0.05) is 13.8 Å². The van der Waals surface area contributed by atoms with Crippen molar-refractivity contribution in [3.8, 4) is 0 Å². The van der Waals surface area contributed by atoms with Crippen molar-refractivity contribution in [2.75, 3.05) is 46.1 Å². The quantitative estimate of drug-likeness (QED) is 0.371. The summed E-state index contributed by atoms with van der Waals surface area (Å²) in [5.41, 5.74) is 0. The Labute approximate surface area is 144 Å². The monoisotopic (exact) mass is 342 g/mol. The molecular formula is C17H30N2O5. The van der Waals surface area contributed by atoms with Crippen molar-refractivity contribution in [3.05, 3.63) is 0 Å². The topological polar surface area (TPSA) is 84.9 Å². The highest BCUT2D eigenvalue weighted by atomic mass is 16.5. The zero-order valence-corrected chi connectivity index (χ0v) is 14.8. The van der Waals surface area contributed by atoms with Crippen molar-refractivity contribution < 1.29 is 23.9 Å². The third-order valence-corrected chi connectivity index (χ3v) is 3.87. The Morgan fingerprint density at radius 3 is 2.50 bits per heavy atom. The summed E-state index contributed by atoms with van der Waals surface area (Å²) >= 11 is 0. The van der Waals surface area contributed by atoms with Gasteiger partial charge in [0.05, 0.1) is 19.8 Å². The second-order valence-corrected chi connectivity index (χ2v) is 5.96. The molecule has 0 spiro atoms. The number of Topliss-reactive ketones (excluding diaryl/α,β-unsaturated/α-hetero) is 1. The van der Waals surface area contributed by atoms with Crippen LogP contribution in [-0.4, -0.2) is 68.6 Å². The highest BCUT2D eigenvalue weighted by Gasteiger charge is 2.35. The lowest BCUT2D eigenvalue weighted by Gasteiger charge is -2.13. The molecule has 7 nitrogen and oxygen atoms in total. The van der Waals surface area contributed by atoms with Gasteiger partial charge in [-0.25, -0.2) is 0 Å². The fraction of sp³-hybridized carbons (Fsp3) is 0.824. The SMILES string of the molecule is CCNCCOCCOCCCC(=O)CCN1C(=O)CC(C)C1=O. The summed E-state index contributed by atoms with van der Waals surface area (Å²) in [5.74, 6) is -0.523. The van der Waals surface area contributed by atoms with Gasteiger partial charge in [-0.05, 0) is 13.0 Å². The number of likely N-dealkylation sites (N-methyl/N-ethyl adjacent to an activating group) is 1. The van der Waals surface area contributed by atoms with Crippen LogP contribution in [0.15, 0.2) is 0 Å². The van der Waals surface area contributed by atoms with Crippen LogP contribution in [0.1, 0.15) is 39.5 Å². The highest BCUT2D eigenvalue weighted by molar-refractivity contribution is 6.03. The Morgan fingerprint density at radius 2 is 1.88 bits per heavy atom. The second kappa shape index (κ2) is 12.1. The Balaban J connectivity index is 1.95. The molecule has 0 bridgehead atoms. The molecule has 1 atom stereocenters. The predicted octanol–water partition coefficient (Wildman–Crippen LogP) is 0.764. The van der Waals surface area contributed by atoms with E-state index in [2.05, 4.69) is 5.32 Å². The summed E-state index contributed by atoms with van der Waals surface area (Å²) < 4.78 is 10.8. The van der Waals surface area contributed by atoms with Gasteiger partial charge in [0.1, 0.15) is 5.78 Å². The number of imide groups is 1. The van der Waals surface area contributed by atoms with Gasteiger partial charge in [-0.2, -0.15) is 0 Å². The molecule has 0 aromatic heterocycles. The normalized spacial score (nSPS) is 17.8. The van der Waals surface area contributed by atoms with Crippen molar-refractivity contribution in [3.63, 3.8) is 0 Å². The summed E-state index contributed by atoms with van der Waals surface area (Å²) in [4.78, 5) is 36.3. The molecule has 0 radical (unpaired) electrons. The van der Waals surface area contributed by atoms with Crippen LogP contribution in [0.3, 0.4) is 0 Å². The molecule has 1 aliphatic heterocycles. The van der Waals surface area contributed by atoms with E-state index in [0.29, 0.717) is 39.3 Å². The van der Waals surface area contributed by atoms with Gasteiger partial charge in [-0.3, -0.25) is 19.3 Å². The fourth-order valence-corrected chi connectivity index (χ4v) is 2.46. The number of carbonyl (C=O) groups is 3. The molecule has 0 saturated carbocycles. The van der Waals surface area contributed by atoms with Crippen LogP contribution in [0.2, 0.25) is 0 Å². The first-order valence-corrected chi connectivity index (χ1v) is 8.78. The lowest BCUT2D eigenvalue weighted by Crippen LogP contribution is -2.32. The molecule has 0 aromatic carbocycles. The molecule has 7 heteroatoms. The fourth-order valence-electron chi connectivity index (χ4n) is 2.46.